The molecule has 0 aliphatic carbocycles. The van der Waals surface area contributed by atoms with Gasteiger partial charge >= 0.3 is 0 Å². The van der Waals surface area contributed by atoms with Gasteiger partial charge in [-0.1, -0.05) is 41.9 Å². The zero-order valence-corrected chi connectivity index (χ0v) is 12.8. The van der Waals surface area contributed by atoms with E-state index in [0.29, 0.717) is 11.4 Å². The van der Waals surface area contributed by atoms with Crippen LogP contribution in [0.4, 0.5) is 0 Å². The molecule has 0 aromatic heterocycles. The molecule has 0 amide bonds. The van der Waals surface area contributed by atoms with Gasteiger partial charge in [-0.05, 0) is 43.5 Å². The van der Waals surface area contributed by atoms with E-state index in [-0.39, 0.29) is 5.60 Å². The molecule has 0 spiro atoms. The Hall–Kier alpha value is -1.51. The van der Waals surface area contributed by atoms with Crippen LogP contribution < -0.4 is 4.74 Å². The number of benzene rings is 2. The van der Waals surface area contributed by atoms with Crippen LogP contribution in [0.15, 0.2) is 48.5 Å². The molecule has 2 nitrogen and oxygen atoms in total. The zero-order chi connectivity index (χ0) is 14.9. The molecule has 2 aromatic carbocycles. The van der Waals surface area contributed by atoms with E-state index in [1.54, 1.807) is 12.1 Å². The molecule has 0 fully saturated rings. The van der Waals surface area contributed by atoms with Crippen molar-refractivity contribution in [1.82, 2.24) is 0 Å². The Labute approximate surface area is 130 Å². The topological polar surface area (TPSA) is 29.5 Å². The highest BCUT2D eigenvalue weighted by atomic mass is 35.5. The van der Waals surface area contributed by atoms with Crippen molar-refractivity contribution in [2.24, 2.45) is 0 Å². The van der Waals surface area contributed by atoms with Crippen LogP contribution in [0.2, 0.25) is 5.02 Å². The van der Waals surface area contributed by atoms with E-state index in [0.717, 1.165) is 24.2 Å². The lowest BCUT2D eigenvalue weighted by Crippen LogP contribution is -2.38. The molecule has 1 aliphatic rings. The number of hydrogen-bond donors (Lipinski definition) is 1. The van der Waals surface area contributed by atoms with Crippen LogP contribution in [0.3, 0.4) is 0 Å². The number of aliphatic hydroxyl groups is 1. The average molecular weight is 303 g/mol. The van der Waals surface area contributed by atoms with Gasteiger partial charge in [0.15, 0.2) is 0 Å². The predicted molar refractivity (Wildman–Crippen MR) is 84.8 cm³/mol. The number of hydrogen-bond acceptors (Lipinski definition) is 2. The van der Waals surface area contributed by atoms with Gasteiger partial charge < -0.3 is 9.84 Å². The van der Waals surface area contributed by atoms with Gasteiger partial charge in [-0.15, -0.1) is 0 Å². The summed E-state index contributed by atoms with van der Waals surface area (Å²) in [6.45, 7) is 2.07. The fourth-order valence-electron chi connectivity index (χ4n) is 2.91. The Morgan fingerprint density at radius 1 is 1.24 bits per heavy atom. The highest BCUT2D eigenvalue weighted by Crippen LogP contribution is 2.42. The van der Waals surface area contributed by atoms with Crippen LogP contribution in [0.1, 0.15) is 37.0 Å². The first-order valence-corrected chi connectivity index (χ1v) is 7.64. The Kier molecular flexibility index (Phi) is 3.92. The third kappa shape index (κ3) is 3.22. The molecule has 1 N–H and O–H groups in total. The molecule has 110 valence electrons. The minimum atomic E-state index is -0.520. The van der Waals surface area contributed by atoms with Gasteiger partial charge in [-0.25, -0.2) is 0 Å². The lowest BCUT2D eigenvalue weighted by molar-refractivity contribution is -0.00670. The van der Waals surface area contributed by atoms with Gasteiger partial charge in [0.05, 0.1) is 6.10 Å². The van der Waals surface area contributed by atoms with Gasteiger partial charge in [-0.3, -0.25) is 0 Å². The molecule has 0 bridgehead atoms. The van der Waals surface area contributed by atoms with E-state index in [1.165, 1.54) is 5.56 Å². The number of fused-ring (bicyclic) bond motifs is 1. The number of rotatable bonds is 3. The zero-order valence-electron chi connectivity index (χ0n) is 12.1. The summed E-state index contributed by atoms with van der Waals surface area (Å²) < 4.78 is 6.15. The second-order valence-electron chi connectivity index (χ2n) is 5.94. The van der Waals surface area contributed by atoms with Crippen molar-refractivity contribution in [3.05, 3.63) is 64.7 Å². The number of ether oxygens (including phenoxy) is 1. The summed E-state index contributed by atoms with van der Waals surface area (Å²) in [6.07, 6.45) is 1.88. The van der Waals surface area contributed by atoms with Crippen LogP contribution >= 0.6 is 11.6 Å². The summed E-state index contributed by atoms with van der Waals surface area (Å²) in [4.78, 5) is 0. The predicted octanol–water partition coefficient (Wildman–Crippen LogP) is 4.55. The van der Waals surface area contributed by atoms with E-state index in [1.807, 2.05) is 24.3 Å². The van der Waals surface area contributed by atoms with Crippen molar-refractivity contribution >= 4 is 11.6 Å². The van der Waals surface area contributed by atoms with E-state index in [4.69, 9.17) is 16.3 Å². The molecule has 0 radical (unpaired) electrons. The molecule has 1 aliphatic heterocycles. The number of aryl methyl sites for hydroxylation is 1. The quantitative estimate of drug-likeness (QED) is 0.901. The highest BCUT2D eigenvalue weighted by molar-refractivity contribution is 6.30. The van der Waals surface area contributed by atoms with Crippen LogP contribution in [0.5, 0.6) is 5.75 Å². The van der Waals surface area contributed by atoms with Gasteiger partial charge in [0.2, 0.25) is 0 Å². The summed E-state index contributed by atoms with van der Waals surface area (Å²) in [5.41, 5.74) is 1.73. The molecule has 3 heteroatoms. The maximum Gasteiger partial charge on any atom is 0.126 e. The Balaban J connectivity index is 1.76. The summed E-state index contributed by atoms with van der Waals surface area (Å²) >= 11 is 5.99. The van der Waals surface area contributed by atoms with Crippen molar-refractivity contribution in [1.29, 1.82) is 0 Å². The molecular formula is C18H19ClO2. The van der Waals surface area contributed by atoms with E-state index in [2.05, 4.69) is 19.1 Å². The fraction of sp³-hybridized carbons (Fsp3) is 0.333. The Morgan fingerprint density at radius 2 is 2.00 bits per heavy atom. The van der Waals surface area contributed by atoms with Gasteiger partial charge in [0, 0.05) is 17.0 Å². The minimum absolute atomic E-state index is 0.351. The standard InChI is InChI=1S/C18H19ClO2/c1-18(10-9-13-5-3-2-4-6-13)12-16(20)15-11-14(19)7-8-17(15)21-18/h2-8,11,16,20H,9-10,12H2,1H3/t16-,18?/m0/s1. The molecule has 0 saturated heterocycles. The number of halogens is 1. The van der Waals surface area contributed by atoms with Gasteiger partial charge in [-0.2, -0.15) is 0 Å². The SMILES string of the molecule is CC1(CCc2ccccc2)C[C@H](O)c2cc(Cl)ccc2O1. The van der Waals surface area contributed by atoms with Crippen LogP contribution in [-0.2, 0) is 6.42 Å². The smallest absolute Gasteiger partial charge is 0.126 e. The van der Waals surface area contributed by atoms with Crippen LogP contribution in [-0.4, -0.2) is 10.7 Å². The second-order valence-corrected chi connectivity index (χ2v) is 6.38. The average Bonchev–Trinajstić information content (AvgIpc) is 2.47. The monoisotopic (exact) mass is 302 g/mol. The first-order chi connectivity index (χ1) is 10.1. The van der Waals surface area contributed by atoms with Crippen molar-refractivity contribution in [3.63, 3.8) is 0 Å². The largest absolute Gasteiger partial charge is 0.487 e. The fourth-order valence-corrected chi connectivity index (χ4v) is 3.09. The normalized spacial score (nSPS) is 24.2. The third-order valence-corrected chi connectivity index (χ3v) is 4.33. The minimum Gasteiger partial charge on any atom is -0.487 e. The van der Waals surface area contributed by atoms with E-state index in [9.17, 15) is 5.11 Å². The molecule has 21 heavy (non-hydrogen) atoms. The molecule has 1 heterocycles. The Bertz CT molecular complexity index is 626. The van der Waals surface area contributed by atoms with Crippen LogP contribution in [0, 0.1) is 0 Å². The summed E-state index contributed by atoms with van der Waals surface area (Å²) in [6, 6.07) is 15.8. The molecule has 2 atom stereocenters. The lowest BCUT2D eigenvalue weighted by Gasteiger charge is -2.38. The van der Waals surface area contributed by atoms with Crippen molar-refractivity contribution in [2.75, 3.05) is 0 Å². The second kappa shape index (κ2) is 5.70. The summed E-state index contributed by atoms with van der Waals surface area (Å²) in [5, 5.41) is 11.0. The maximum atomic E-state index is 10.4. The number of aliphatic hydroxyl groups excluding tert-OH is 1. The first-order valence-electron chi connectivity index (χ1n) is 7.26. The van der Waals surface area contributed by atoms with Crippen LogP contribution in [0.25, 0.3) is 0 Å². The molecule has 3 rings (SSSR count). The summed E-state index contributed by atoms with van der Waals surface area (Å²) in [5.74, 6) is 0.744. The van der Waals surface area contributed by atoms with E-state index >= 15 is 0 Å². The summed E-state index contributed by atoms with van der Waals surface area (Å²) in [7, 11) is 0. The first kappa shape index (κ1) is 14.4. The lowest BCUT2D eigenvalue weighted by atomic mass is 9.86. The molecule has 2 aromatic rings. The molecular weight excluding hydrogens is 284 g/mol. The van der Waals surface area contributed by atoms with Crippen molar-refractivity contribution in [2.45, 2.75) is 37.9 Å². The van der Waals surface area contributed by atoms with Crippen molar-refractivity contribution in [3.8, 4) is 5.75 Å². The molecule has 0 saturated carbocycles. The third-order valence-electron chi connectivity index (χ3n) is 4.10. The molecule has 1 unspecified atom stereocenters. The van der Waals surface area contributed by atoms with Gasteiger partial charge in [0.25, 0.3) is 0 Å². The van der Waals surface area contributed by atoms with Crippen molar-refractivity contribution < 1.29 is 9.84 Å². The Morgan fingerprint density at radius 3 is 2.76 bits per heavy atom. The highest BCUT2D eigenvalue weighted by Gasteiger charge is 2.36. The maximum absolute atomic E-state index is 10.4. The van der Waals surface area contributed by atoms with E-state index < -0.39 is 6.10 Å². The van der Waals surface area contributed by atoms with Gasteiger partial charge in [0.1, 0.15) is 11.4 Å².